The fourth-order valence-electron chi connectivity index (χ4n) is 4.32. The molecule has 0 fully saturated rings. The van der Waals surface area contributed by atoms with Crippen LogP contribution in [0, 0.1) is 20.8 Å². The lowest BCUT2D eigenvalue weighted by Gasteiger charge is -2.31. The Morgan fingerprint density at radius 1 is 0.973 bits per heavy atom. The van der Waals surface area contributed by atoms with Gasteiger partial charge < -0.3 is 10.2 Å². The zero-order valence-electron chi connectivity index (χ0n) is 23.2. The molecule has 0 radical (unpaired) electrons. The lowest BCUT2D eigenvalue weighted by Crippen LogP contribution is -2.49. The number of nitrogens with zero attached hydrogens (tertiary/aromatic N) is 2. The van der Waals surface area contributed by atoms with Gasteiger partial charge in [0.1, 0.15) is 6.04 Å². The van der Waals surface area contributed by atoms with E-state index in [4.69, 9.17) is 0 Å². The predicted octanol–water partition coefficient (Wildman–Crippen LogP) is 4.88. The molecule has 8 heteroatoms. The second-order valence-corrected chi connectivity index (χ2v) is 11.7. The summed E-state index contributed by atoms with van der Waals surface area (Å²) in [6, 6.07) is 12.9. The van der Waals surface area contributed by atoms with E-state index in [9.17, 15) is 18.0 Å². The average molecular weight is 530 g/mol. The number of unbranched alkanes of at least 4 members (excludes halogenated alkanes) is 1. The molecule has 2 aromatic carbocycles. The molecular formula is C29H43N3O4S. The second kappa shape index (κ2) is 14.2. The van der Waals surface area contributed by atoms with E-state index in [2.05, 4.69) is 12.2 Å². The highest BCUT2D eigenvalue weighted by Crippen LogP contribution is 2.22. The SMILES string of the molecule is CCCCNC(=O)[C@@H](CC)N(Cc1cccc(C)c1)C(=O)CCCN(c1ccc(C)c(C)c1)S(C)(=O)=O. The van der Waals surface area contributed by atoms with Crippen molar-refractivity contribution in [2.75, 3.05) is 23.7 Å². The highest BCUT2D eigenvalue weighted by atomic mass is 32.2. The number of hydrogen-bond donors (Lipinski definition) is 1. The van der Waals surface area contributed by atoms with Gasteiger partial charge >= 0.3 is 0 Å². The first-order valence-corrected chi connectivity index (χ1v) is 15.0. The topological polar surface area (TPSA) is 86.8 Å². The van der Waals surface area contributed by atoms with Gasteiger partial charge in [0, 0.05) is 26.1 Å². The van der Waals surface area contributed by atoms with Crippen LogP contribution in [0.3, 0.4) is 0 Å². The van der Waals surface area contributed by atoms with Crippen molar-refractivity contribution in [3.8, 4) is 0 Å². The van der Waals surface area contributed by atoms with Gasteiger partial charge in [-0.05, 0) is 68.9 Å². The summed E-state index contributed by atoms with van der Waals surface area (Å²) in [6.45, 7) is 11.0. The number of aryl methyl sites for hydroxylation is 3. The molecule has 2 aromatic rings. The first kappa shape index (κ1) is 30.4. The minimum Gasteiger partial charge on any atom is -0.354 e. The summed E-state index contributed by atoms with van der Waals surface area (Å²) in [5, 5.41) is 2.97. The van der Waals surface area contributed by atoms with Crippen molar-refractivity contribution >= 4 is 27.5 Å². The summed E-state index contributed by atoms with van der Waals surface area (Å²) in [7, 11) is -3.52. The van der Waals surface area contributed by atoms with Crippen molar-refractivity contribution in [3.63, 3.8) is 0 Å². The Morgan fingerprint density at radius 3 is 2.30 bits per heavy atom. The number of hydrogen-bond acceptors (Lipinski definition) is 4. The number of anilines is 1. The summed E-state index contributed by atoms with van der Waals surface area (Å²) in [5.41, 5.74) is 4.73. The molecule has 0 bridgehead atoms. The van der Waals surface area contributed by atoms with Gasteiger partial charge in [-0.1, -0.05) is 56.2 Å². The third-order valence-electron chi connectivity index (χ3n) is 6.58. The van der Waals surface area contributed by atoms with Crippen LogP contribution < -0.4 is 9.62 Å². The molecule has 0 heterocycles. The fraction of sp³-hybridized carbons (Fsp3) is 0.517. The lowest BCUT2D eigenvalue weighted by molar-refractivity contribution is -0.141. The molecular weight excluding hydrogens is 486 g/mol. The molecule has 0 saturated carbocycles. The molecule has 0 unspecified atom stereocenters. The van der Waals surface area contributed by atoms with Crippen LogP contribution in [0.5, 0.6) is 0 Å². The molecule has 0 saturated heterocycles. The number of sulfonamides is 1. The van der Waals surface area contributed by atoms with Crippen LogP contribution in [0.25, 0.3) is 0 Å². The Labute approximate surface area is 223 Å². The van der Waals surface area contributed by atoms with Crippen molar-refractivity contribution in [1.29, 1.82) is 0 Å². The number of benzene rings is 2. The average Bonchev–Trinajstić information content (AvgIpc) is 2.83. The molecule has 0 aromatic heterocycles. The Morgan fingerprint density at radius 2 is 1.70 bits per heavy atom. The zero-order valence-corrected chi connectivity index (χ0v) is 24.0. The summed E-state index contributed by atoms with van der Waals surface area (Å²) in [5.74, 6) is -0.308. The molecule has 37 heavy (non-hydrogen) atoms. The van der Waals surface area contributed by atoms with Gasteiger partial charge in [0.25, 0.3) is 0 Å². The highest BCUT2D eigenvalue weighted by Gasteiger charge is 2.28. The summed E-state index contributed by atoms with van der Waals surface area (Å²) < 4.78 is 26.5. The summed E-state index contributed by atoms with van der Waals surface area (Å²) in [4.78, 5) is 28.2. The van der Waals surface area contributed by atoms with E-state index in [0.29, 0.717) is 31.6 Å². The van der Waals surface area contributed by atoms with Crippen LogP contribution in [-0.4, -0.2) is 50.5 Å². The predicted molar refractivity (Wildman–Crippen MR) is 151 cm³/mol. The number of carbonyl (C=O) groups is 2. The Bertz CT molecular complexity index is 1160. The lowest BCUT2D eigenvalue weighted by atomic mass is 10.1. The van der Waals surface area contributed by atoms with E-state index >= 15 is 0 Å². The standard InChI is InChI=1S/C29H43N3O4S/c1-7-9-17-30-29(34)27(8-2)31(21-25-13-10-12-22(3)19-25)28(33)14-11-18-32(37(6,35)36)26-16-15-23(4)24(5)20-26/h10,12-13,15-16,19-20,27H,7-9,11,14,17-18,21H2,1-6H3,(H,30,34)/t27-/m1/s1. The molecule has 0 aliphatic rings. The van der Waals surface area contributed by atoms with Gasteiger partial charge in [0.05, 0.1) is 11.9 Å². The van der Waals surface area contributed by atoms with Gasteiger partial charge in [0.2, 0.25) is 21.8 Å². The largest absolute Gasteiger partial charge is 0.354 e. The zero-order chi connectivity index (χ0) is 27.6. The van der Waals surface area contributed by atoms with Gasteiger partial charge in [0.15, 0.2) is 0 Å². The van der Waals surface area contributed by atoms with E-state index in [-0.39, 0.29) is 24.8 Å². The van der Waals surface area contributed by atoms with E-state index in [1.54, 1.807) is 11.0 Å². The second-order valence-electron chi connectivity index (χ2n) is 9.79. The van der Waals surface area contributed by atoms with E-state index in [0.717, 1.165) is 35.1 Å². The van der Waals surface area contributed by atoms with Gasteiger partial charge in [-0.25, -0.2) is 8.42 Å². The first-order chi connectivity index (χ1) is 17.5. The van der Waals surface area contributed by atoms with Crippen molar-refractivity contribution in [2.45, 2.75) is 79.3 Å². The summed E-state index contributed by atoms with van der Waals surface area (Å²) >= 11 is 0. The van der Waals surface area contributed by atoms with Gasteiger partial charge in [-0.3, -0.25) is 13.9 Å². The molecule has 2 rings (SSSR count). The molecule has 0 spiro atoms. The Hall–Kier alpha value is -2.87. The maximum Gasteiger partial charge on any atom is 0.242 e. The maximum absolute atomic E-state index is 13.5. The minimum absolute atomic E-state index is 0.140. The first-order valence-electron chi connectivity index (χ1n) is 13.2. The van der Waals surface area contributed by atoms with Crippen molar-refractivity contribution in [1.82, 2.24) is 10.2 Å². The van der Waals surface area contributed by atoms with Gasteiger partial charge in [-0.15, -0.1) is 0 Å². The molecule has 7 nitrogen and oxygen atoms in total. The Kier molecular flexibility index (Phi) is 11.6. The monoisotopic (exact) mass is 529 g/mol. The molecule has 204 valence electrons. The van der Waals surface area contributed by atoms with Gasteiger partial charge in [-0.2, -0.15) is 0 Å². The Balaban J connectivity index is 2.21. The highest BCUT2D eigenvalue weighted by molar-refractivity contribution is 7.92. The number of carbonyl (C=O) groups excluding carboxylic acids is 2. The van der Waals surface area contributed by atoms with Crippen molar-refractivity contribution in [3.05, 3.63) is 64.7 Å². The van der Waals surface area contributed by atoms with Crippen LogP contribution in [0.15, 0.2) is 42.5 Å². The molecule has 1 atom stereocenters. The fourth-order valence-corrected chi connectivity index (χ4v) is 5.27. The number of rotatable bonds is 14. The van der Waals surface area contributed by atoms with Crippen LogP contribution in [0.4, 0.5) is 5.69 Å². The van der Waals surface area contributed by atoms with Crippen LogP contribution in [0.1, 0.15) is 68.2 Å². The van der Waals surface area contributed by atoms with E-state index < -0.39 is 16.1 Å². The normalized spacial score (nSPS) is 12.2. The van der Waals surface area contributed by atoms with E-state index in [1.165, 1.54) is 10.6 Å². The minimum atomic E-state index is -3.52. The molecule has 0 aliphatic heterocycles. The van der Waals surface area contributed by atoms with Crippen molar-refractivity contribution < 1.29 is 18.0 Å². The van der Waals surface area contributed by atoms with Crippen LogP contribution in [0.2, 0.25) is 0 Å². The summed E-state index contributed by atoms with van der Waals surface area (Å²) in [6.07, 6.45) is 4.02. The maximum atomic E-state index is 13.5. The van der Waals surface area contributed by atoms with Crippen LogP contribution in [-0.2, 0) is 26.2 Å². The number of amides is 2. The molecule has 1 N–H and O–H groups in total. The molecule has 2 amide bonds. The van der Waals surface area contributed by atoms with Crippen LogP contribution >= 0.6 is 0 Å². The quantitative estimate of drug-likeness (QED) is 0.353. The van der Waals surface area contributed by atoms with Crippen molar-refractivity contribution in [2.24, 2.45) is 0 Å². The third kappa shape index (κ3) is 9.18. The third-order valence-corrected chi connectivity index (χ3v) is 7.78. The smallest absolute Gasteiger partial charge is 0.242 e. The number of nitrogens with one attached hydrogen (secondary N) is 1. The van der Waals surface area contributed by atoms with E-state index in [1.807, 2.05) is 64.1 Å². The molecule has 0 aliphatic carbocycles.